The summed E-state index contributed by atoms with van der Waals surface area (Å²) in [5.41, 5.74) is 5.42. The first-order valence-corrected chi connectivity index (χ1v) is 6.64. The highest BCUT2D eigenvalue weighted by Crippen LogP contribution is 2.20. The number of ether oxygens (including phenoxy) is 2. The molecule has 1 saturated heterocycles. The van der Waals surface area contributed by atoms with Crippen LogP contribution in [0, 0.1) is 5.92 Å². The predicted molar refractivity (Wildman–Crippen MR) is 70.5 cm³/mol. The average molecular weight is 272 g/mol. The Morgan fingerprint density at radius 3 is 2.47 bits per heavy atom. The monoisotopic (exact) mass is 272 g/mol. The van der Waals surface area contributed by atoms with E-state index in [9.17, 15) is 9.59 Å². The molecule has 2 atom stereocenters. The summed E-state index contributed by atoms with van der Waals surface area (Å²) in [5.74, 6) is -0.613. The molecule has 2 unspecified atom stereocenters. The highest BCUT2D eigenvalue weighted by atomic mass is 16.6. The number of esters is 1. The highest BCUT2D eigenvalue weighted by Gasteiger charge is 2.35. The fourth-order valence-corrected chi connectivity index (χ4v) is 2.02. The molecule has 1 rings (SSSR count). The highest BCUT2D eigenvalue weighted by molar-refractivity contribution is 5.74. The van der Waals surface area contributed by atoms with Crippen molar-refractivity contribution in [3.05, 3.63) is 0 Å². The Morgan fingerprint density at radius 2 is 2.00 bits per heavy atom. The third-order valence-corrected chi connectivity index (χ3v) is 2.90. The Labute approximate surface area is 114 Å². The lowest BCUT2D eigenvalue weighted by Crippen LogP contribution is -2.53. The van der Waals surface area contributed by atoms with Crippen LogP contribution in [0.1, 0.15) is 34.1 Å². The number of likely N-dealkylation sites (tertiary alicyclic amines) is 1. The first-order chi connectivity index (χ1) is 8.74. The second-order valence-corrected chi connectivity index (χ2v) is 5.74. The van der Waals surface area contributed by atoms with Crippen LogP contribution in [0.4, 0.5) is 4.79 Å². The fourth-order valence-electron chi connectivity index (χ4n) is 2.02. The summed E-state index contributed by atoms with van der Waals surface area (Å²) in [4.78, 5) is 25.1. The summed E-state index contributed by atoms with van der Waals surface area (Å²) in [6.45, 7) is 8.34. The van der Waals surface area contributed by atoms with E-state index < -0.39 is 11.6 Å². The van der Waals surface area contributed by atoms with Crippen LogP contribution in [0.5, 0.6) is 0 Å². The molecule has 0 bridgehead atoms. The molecule has 1 aliphatic heterocycles. The summed E-state index contributed by atoms with van der Waals surface area (Å²) in [6, 6.07) is -0.402. The van der Waals surface area contributed by atoms with Crippen molar-refractivity contribution in [2.75, 3.05) is 19.7 Å². The molecule has 6 nitrogen and oxygen atoms in total. The van der Waals surface area contributed by atoms with E-state index in [2.05, 4.69) is 0 Å². The van der Waals surface area contributed by atoms with Gasteiger partial charge >= 0.3 is 12.1 Å². The number of rotatable bonds is 2. The van der Waals surface area contributed by atoms with Crippen LogP contribution in [0.2, 0.25) is 0 Å². The molecule has 6 heteroatoms. The smallest absolute Gasteiger partial charge is 0.410 e. The van der Waals surface area contributed by atoms with Gasteiger partial charge in [-0.25, -0.2) is 4.79 Å². The molecule has 0 aromatic carbocycles. The minimum atomic E-state index is -0.529. The predicted octanol–water partition coefficient (Wildman–Crippen LogP) is 1.13. The van der Waals surface area contributed by atoms with Gasteiger partial charge in [-0.05, 0) is 34.1 Å². The number of nitrogens with two attached hydrogens (primary N) is 1. The molecule has 1 fully saturated rings. The Kier molecular flexibility index (Phi) is 5.17. The van der Waals surface area contributed by atoms with Gasteiger partial charge in [0, 0.05) is 19.1 Å². The lowest BCUT2D eigenvalue weighted by Gasteiger charge is -2.36. The van der Waals surface area contributed by atoms with Crippen LogP contribution in [-0.2, 0) is 14.3 Å². The zero-order valence-corrected chi connectivity index (χ0v) is 12.1. The third kappa shape index (κ3) is 4.70. The number of carbonyl (C=O) groups excluding carboxylic acids is 2. The third-order valence-electron chi connectivity index (χ3n) is 2.90. The lowest BCUT2D eigenvalue weighted by molar-refractivity contribution is -0.150. The average Bonchev–Trinajstić information content (AvgIpc) is 2.26. The minimum absolute atomic E-state index is 0.279. The molecule has 0 saturated carbocycles. The topological polar surface area (TPSA) is 81.9 Å². The second kappa shape index (κ2) is 6.23. The quantitative estimate of drug-likeness (QED) is 0.762. The number of hydrogen-bond acceptors (Lipinski definition) is 5. The van der Waals surface area contributed by atoms with Gasteiger partial charge in [0.1, 0.15) is 5.60 Å². The first kappa shape index (κ1) is 15.8. The Morgan fingerprint density at radius 1 is 1.37 bits per heavy atom. The van der Waals surface area contributed by atoms with Crippen molar-refractivity contribution in [3.8, 4) is 0 Å². The number of piperidine rings is 1. The molecule has 1 amide bonds. The van der Waals surface area contributed by atoms with E-state index in [1.807, 2.05) is 20.8 Å². The normalized spacial score (nSPS) is 23.9. The molecule has 2 N–H and O–H groups in total. The van der Waals surface area contributed by atoms with Gasteiger partial charge in [0.2, 0.25) is 0 Å². The maximum absolute atomic E-state index is 11.9. The summed E-state index contributed by atoms with van der Waals surface area (Å²) < 4.78 is 10.3. The van der Waals surface area contributed by atoms with E-state index in [0.29, 0.717) is 26.1 Å². The molecule has 1 heterocycles. The molecule has 0 radical (unpaired) electrons. The zero-order valence-electron chi connectivity index (χ0n) is 12.1. The fraction of sp³-hybridized carbons (Fsp3) is 0.846. The van der Waals surface area contributed by atoms with Gasteiger partial charge in [-0.1, -0.05) is 0 Å². The van der Waals surface area contributed by atoms with E-state index in [0.717, 1.165) is 0 Å². The molecule has 0 aliphatic carbocycles. The molecular weight excluding hydrogens is 248 g/mol. The zero-order chi connectivity index (χ0) is 14.6. The summed E-state index contributed by atoms with van der Waals surface area (Å²) in [6.07, 6.45) is 0.129. The van der Waals surface area contributed by atoms with E-state index in [-0.39, 0.29) is 18.0 Å². The van der Waals surface area contributed by atoms with Gasteiger partial charge < -0.3 is 20.1 Å². The van der Waals surface area contributed by atoms with Crippen molar-refractivity contribution in [1.29, 1.82) is 0 Å². The number of hydrogen-bond donors (Lipinski definition) is 1. The van der Waals surface area contributed by atoms with Crippen molar-refractivity contribution in [2.45, 2.75) is 45.8 Å². The Balaban J connectivity index is 2.54. The van der Waals surface area contributed by atoms with E-state index >= 15 is 0 Å². The van der Waals surface area contributed by atoms with Crippen molar-refractivity contribution in [2.24, 2.45) is 11.7 Å². The number of nitrogens with zero attached hydrogens (tertiary/aromatic N) is 1. The summed E-state index contributed by atoms with van der Waals surface area (Å²) >= 11 is 0. The van der Waals surface area contributed by atoms with Crippen LogP contribution in [-0.4, -0.2) is 48.3 Å². The van der Waals surface area contributed by atoms with E-state index in [4.69, 9.17) is 15.2 Å². The minimum Gasteiger partial charge on any atom is -0.466 e. The van der Waals surface area contributed by atoms with Crippen molar-refractivity contribution >= 4 is 12.1 Å². The Hall–Kier alpha value is -1.30. The van der Waals surface area contributed by atoms with Gasteiger partial charge in [-0.15, -0.1) is 0 Å². The van der Waals surface area contributed by atoms with Crippen molar-refractivity contribution in [1.82, 2.24) is 4.90 Å². The van der Waals surface area contributed by atoms with Gasteiger partial charge in [0.15, 0.2) is 0 Å². The second-order valence-electron chi connectivity index (χ2n) is 5.74. The first-order valence-electron chi connectivity index (χ1n) is 6.64. The number of carbonyl (C=O) groups is 2. The molecule has 19 heavy (non-hydrogen) atoms. The van der Waals surface area contributed by atoms with Crippen LogP contribution in [0.3, 0.4) is 0 Å². The molecular formula is C13H24N2O4. The van der Waals surface area contributed by atoms with Crippen molar-refractivity contribution < 1.29 is 19.1 Å². The molecule has 0 spiro atoms. The lowest BCUT2D eigenvalue weighted by atomic mass is 9.92. The van der Waals surface area contributed by atoms with Crippen molar-refractivity contribution in [3.63, 3.8) is 0 Å². The standard InChI is InChI=1S/C13H24N2O4/c1-5-18-11(16)9-6-7-15(8-10(9)14)12(17)19-13(2,3)4/h9-10H,5-8,14H2,1-4H3. The van der Waals surface area contributed by atoms with Gasteiger partial charge in [-0.3, -0.25) is 4.79 Å². The Bertz CT molecular complexity index is 338. The van der Waals surface area contributed by atoms with Crippen LogP contribution < -0.4 is 5.73 Å². The van der Waals surface area contributed by atoms with E-state index in [1.165, 1.54) is 0 Å². The summed E-state index contributed by atoms with van der Waals surface area (Å²) in [7, 11) is 0. The van der Waals surface area contributed by atoms with Crippen LogP contribution in [0.15, 0.2) is 0 Å². The van der Waals surface area contributed by atoms with Gasteiger partial charge in [0.05, 0.1) is 12.5 Å². The maximum atomic E-state index is 11.9. The van der Waals surface area contributed by atoms with Gasteiger partial charge in [-0.2, -0.15) is 0 Å². The summed E-state index contributed by atoms with van der Waals surface area (Å²) in [5, 5.41) is 0. The molecule has 1 aliphatic rings. The molecule has 110 valence electrons. The van der Waals surface area contributed by atoms with Crippen LogP contribution >= 0.6 is 0 Å². The largest absolute Gasteiger partial charge is 0.466 e. The molecule has 0 aromatic heterocycles. The number of amides is 1. The maximum Gasteiger partial charge on any atom is 0.410 e. The van der Waals surface area contributed by atoms with Gasteiger partial charge in [0.25, 0.3) is 0 Å². The van der Waals surface area contributed by atoms with Crippen LogP contribution in [0.25, 0.3) is 0 Å². The molecule has 0 aromatic rings. The SMILES string of the molecule is CCOC(=O)C1CCN(C(=O)OC(C)(C)C)CC1N. The van der Waals surface area contributed by atoms with E-state index in [1.54, 1.807) is 11.8 Å².